The first-order valence-corrected chi connectivity index (χ1v) is 3.52. The van der Waals surface area contributed by atoms with Gasteiger partial charge in [-0.15, -0.1) is 0 Å². The van der Waals surface area contributed by atoms with Gasteiger partial charge in [0, 0.05) is 6.08 Å². The van der Waals surface area contributed by atoms with E-state index in [9.17, 15) is 13.6 Å². The SMILES string of the molecule is NC(=O)C=Cc1ccc(F)c(F)c1. The number of hydrogen-bond donors (Lipinski definition) is 1. The molecule has 0 atom stereocenters. The summed E-state index contributed by atoms with van der Waals surface area (Å²) in [6.07, 6.45) is 2.39. The van der Waals surface area contributed by atoms with E-state index in [-0.39, 0.29) is 0 Å². The van der Waals surface area contributed by atoms with Crippen LogP contribution in [0.5, 0.6) is 0 Å². The summed E-state index contributed by atoms with van der Waals surface area (Å²) in [5, 5.41) is 0. The lowest BCUT2D eigenvalue weighted by molar-refractivity contribution is -0.113. The third-order valence-electron chi connectivity index (χ3n) is 1.38. The summed E-state index contributed by atoms with van der Waals surface area (Å²) in [5.74, 6) is -2.51. The first-order chi connectivity index (χ1) is 6.09. The van der Waals surface area contributed by atoms with E-state index in [1.54, 1.807) is 0 Å². The highest BCUT2D eigenvalue weighted by atomic mass is 19.2. The average molecular weight is 183 g/mol. The number of benzene rings is 1. The molecule has 68 valence electrons. The zero-order valence-corrected chi connectivity index (χ0v) is 6.63. The van der Waals surface area contributed by atoms with E-state index in [2.05, 4.69) is 0 Å². The number of primary amides is 1. The summed E-state index contributed by atoms with van der Waals surface area (Å²) in [4.78, 5) is 10.3. The van der Waals surface area contributed by atoms with Crippen LogP contribution in [0, 0.1) is 11.6 Å². The predicted molar refractivity (Wildman–Crippen MR) is 44.6 cm³/mol. The van der Waals surface area contributed by atoms with Gasteiger partial charge in [-0.1, -0.05) is 6.07 Å². The van der Waals surface area contributed by atoms with Crippen molar-refractivity contribution in [3.05, 3.63) is 41.5 Å². The van der Waals surface area contributed by atoms with Crippen molar-refractivity contribution in [3.8, 4) is 0 Å². The number of rotatable bonds is 2. The lowest BCUT2D eigenvalue weighted by Gasteiger charge is -1.94. The molecule has 0 unspecified atom stereocenters. The van der Waals surface area contributed by atoms with E-state index in [1.807, 2.05) is 0 Å². The Bertz CT molecular complexity index is 361. The van der Waals surface area contributed by atoms with E-state index in [0.29, 0.717) is 5.56 Å². The van der Waals surface area contributed by atoms with Gasteiger partial charge in [-0.05, 0) is 23.8 Å². The number of hydrogen-bond acceptors (Lipinski definition) is 1. The third-order valence-corrected chi connectivity index (χ3v) is 1.38. The van der Waals surface area contributed by atoms with Crippen molar-refractivity contribution >= 4 is 12.0 Å². The van der Waals surface area contributed by atoms with Gasteiger partial charge in [0.1, 0.15) is 0 Å². The van der Waals surface area contributed by atoms with Crippen LogP contribution in [0.1, 0.15) is 5.56 Å². The molecule has 1 aromatic rings. The van der Waals surface area contributed by atoms with E-state index in [1.165, 1.54) is 12.1 Å². The monoisotopic (exact) mass is 183 g/mol. The fraction of sp³-hybridized carbons (Fsp3) is 0. The van der Waals surface area contributed by atoms with Crippen LogP contribution in [-0.2, 0) is 4.79 Å². The highest BCUT2D eigenvalue weighted by Crippen LogP contribution is 2.09. The maximum Gasteiger partial charge on any atom is 0.241 e. The van der Waals surface area contributed by atoms with Gasteiger partial charge in [-0.3, -0.25) is 4.79 Å². The van der Waals surface area contributed by atoms with Crippen molar-refractivity contribution in [2.45, 2.75) is 0 Å². The first-order valence-electron chi connectivity index (χ1n) is 3.52. The van der Waals surface area contributed by atoms with Crippen molar-refractivity contribution in [2.75, 3.05) is 0 Å². The normalized spacial score (nSPS) is 10.6. The Morgan fingerprint density at radius 2 is 2.00 bits per heavy atom. The predicted octanol–water partition coefficient (Wildman–Crippen LogP) is 1.46. The second kappa shape index (κ2) is 3.80. The molecular formula is C9H7F2NO. The van der Waals surface area contributed by atoms with Gasteiger partial charge >= 0.3 is 0 Å². The van der Waals surface area contributed by atoms with E-state index in [0.717, 1.165) is 18.2 Å². The molecule has 0 radical (unpaired) electrons. The first kappa shape index (κ1) is 9.38. The Hall–Kier alpha value is -1.71. The molecule has 0 bridgehead atoms. The molecule has 1 rings (SSSR count). The number of carbonyl (C=O) groups is 1. The molecule has 0 aliphatic carbocycles. The van der Waals surface area contributed by atoms with E-state index in [4.69, 9.17) is 5.73 Å². The molecular weight excluding hydrogens is 176 g/mol. The third kappa shape index (κ3) is 2.66. The average Bonchev–Trinajstić information content (AvgIpc) is 2.07. The lowest BCUT2D eigenvalue weighted by atomic mass is 10.2. The van der Waals surface area contributed by atoms with Crippen LogP contribution < -0.4 is 5.73 Å². The van der Waals surface area contributed by atoms with Crippen LogP contribution in [0.2, 0.25) is 0 Å². The minimum absolute atomic E-state index is 0.387. The molecule has 0 aliphatic heterocycles. The largest absolute Gasteiger partial charge is 0.366 e. The summed E-state index contributed by atoms with van der Waals surface area (Å²) in [6.45, 7) is 0. The van der Waals surface area contributed by atoms with Crippen LogP contribution in [0.15, 0.2) is 24.3 Å². The van der Waals surface area contributed by atoms with Crippen molar-refractivity contribution in [1.82, 2.24) is 0 Å². The molecule has 1 amide bonds. The molecule has 0 saturated heterocycles. The van der Waals surface area contributed by atoms with E-state index < -0.39 is 17.5 Å². The summed E-state index contributed by atoms with van der Waals surface area (Å²) < 4.78 is 25.0. The summed E-state index contributed by atoms with van der Waals surface area (Å²) in [7, 11) is 0. The van der Waals surface area contributed by atoms with Crippen molar-refractivity contribution < 1.29 is 13.6 Å². The van der Waals surface area contributed by atoms with Gasteiger partial charge in [0.2, 0.25) is 5.91 Å². The Morgan fingerprint density at radius 3 is 2.54 bits per heavy atom. The maximum atomic E-state index is 12.6. The highest BCUT2D eigenvalue weighted by Gasteiger charge is 1.99. The minimum Gasteiger partial charge on any atom is -0.366 e. The molecule has 1 aromatic carbocycles. The minimum atomic E-state index is -0.952. The van der Waals surface area contributed by atoms with Gasteiger partial charge < -0.3 is 5.73 Å². The van der Waals surface area contributed by atoms with Crippen molar-refractivity contribution in [1.29, 1.82) is 0 Å². The Labute approximate surface area is 73.7 Å². The lowest BCUT2D eigenvalue weighted by Crippen LogP contribution is -2.05. The zero-order valence-electron chi connectivity index (χ0n) is 6.63. The van der Waals surface area contributed by atoms with Crippen LogP contribution in [0.25, 0.3) is 6.08 Å². The van der Waals surface area contributed by atoms with Gasteiger partial charge in [0.15, 0.2) is 11.6 Å². The maximum absolute atomic E-state index is 12.6. The molecule has 2 N–H and O–H groups in total. The van der Waals surface area contributed by atoms with Crippen LogP contribution in [-0.4, -0.2) is 5.91 Å². The molecule has 0 aliphatic rings. The van der Waals surface area contributed by atoms with Gasteiger partial charge in [0.25, 0.3) is 0 Å². The molecule has 13 heavy (non-hydrogen) atoms. The number of amides is 1. The van der Waals surface area contributed by atoms with Gasteiger partial charge in [0.05, 0.1) is 0 Å². The Balaban J connectivity index is 2.92. The van der Waals surface area contributed by atoms with Gasteiger partial charge in [-0.25, -0.2) is 8.78 Å². The molecule has 4 heteroatoms. The fourth-order valence-corrected chi connectivity index (χ4v) is 0.794. The number of nitrogens with two attached hydrogens (primary N) is 1. The summed E-state index contributed by atoms with van der Waals surface area (Å²) in [6, 6.07) is 3.31. The van der Waals surface area contributed by atoms with Crippen molar-refractivity contribution in [3.63, 3.8) is 0 Å². The smallest absolute Gasteiger partial charge is 0.241 e. The molecule has 0 spiro atoms. The number of carbonyl (C=O) groups excluding carboxylic acids is 1. The molecule has 2 nitrogen and oxygen atoms in total. The Morgan fingerprint density at radius 1 is 1.31 bits per heavy atom. The molecule has 0 heterocycles. The second-order valence-electron chi connectivity index (χ2n) is 2.41. The van der Waals surface area contributed by atoms with Crippen LogP contribution >= 0.6 is 0 Å². The van der Waals surface area contributed by atoms with Gasteiger partial charge in [-0.2, -0.15) is 0 Å². The molecule has 0 fully saturated rings. The quantitative estimate of drug-likeness (QED) is 0.693. The molecule has 0 aromatic heterocycles. The van der Waals surface area contributed by atoms with E-state index >= 15 is 0 Å². The zero-order chi connectivity index (χ0) is 9.84. The highest BCUT2D eigenvalue weighted by molar-refractivity contribution is 5.90. The standard InChI is InChI=1S/C9H7F2NO/c10-7-3-1-6(5-8(7)11)2-4-9(12)13/h1-5H,(H2,12,13). The van der Waals surface area contributed by atoms with Crippen LogP contribution in [0.3, 0.4) is 0 Å². The fourth-order valence-electron chi connectivity index (χ4n) is 0.794. The Kier molecular flexibility index (Phi) is 2.74. The number of halogens is 2. The van der Waals surface area contributed by atoms with Crippen molar-refractivity contribution in [2.24, 2.45) is 5.73 Å². The molecule has 0 saturated carbocycles. The topological polar surface area (TPSA) is 43.1 Å². The second-order valence-corrected chi connectivity index (χ2v) is 2.41. The van der Waals surface area contributed by atoms with Crippen LogP contribution in [0.4, 0.5) is 8.78 Å². The summed E-state index contributed by atoms with van der Waals surface area (Å²) >= 11 is 0. The summed E-state index contributed by atoms with van der Waals surface area (Å²) in [5.41, 5.74) is 5.20.